The Morgan fingerprint density at radius 3 is 3.00 bits per heavy atom. The summed E-state index contributed by atoms with van der Waals surface area (Å²) in [7, 11) is 0. The van der Waals surface area contributed by atoms with Crippen LogP contribution in [0.1, 0.15) is 36.5 Å². The lowest BCUT2D eigenvalue weighted by Gasteiger charge is -2.16. The summed E-state index contributed by atoms with van der Waals surface area (Å²) in [5.74, 6) is -0.875. The van der Waals surface area contributed by atoms with Crippen molar-refractivity contribution >= 4 is 11.8 Å². The Morgan fingerprint density at radius 1 is 1.61 bits per heavy atom. The Kier molecular flexibility index (Phi) is 3.79. The van der Waals surface area contributed by atoms with E-state index in [9.17, 15) is 9.18 Å². The molecule has 1 aliphatic rings. The van der Waals surface area contributed by atoms with Gasteiger partial charge in [0.2, 0.25) is 0 Å². The minimum absolute atomic E-state index is 0.0361. The predicted molar refractivity (Wildman–Crippen MR) is 66.1 cm³/mol. The van der Waals surface area contributed by atoms with Gasteiger partial charge in [-0.05, 0) is 24.3 Å². The first kappa shape index (κ1) is 12.8. The van der Waals surface area contributed by atoms with E-state index in [2.05, 4.69) is 17.2 Å². The SMILES string of the molecule is CC1CCCC1CNc1nccc(C(=O)O)c1F. The van der Waals surface area contributed by atoms with E-state index < -0.39 is 11.8 Å². The molecule has 0 aliphatic heterocycles. The quantitative estimate of drug-likeness (QED) is 0.865. The molecule has 2 rings (SSSR count). The molecule has 0 aromatic carbocycles. The van der Waals surface area contributed by atoms with Crippen LogP contribution in [0.25, 0.3) is 0 Å². The highest BCUT2D eigenvalue weighted by Crippen LogP contribution is 2.31. The average molecular weight is 252 g/mol. The summed E-state index contributed by atoms with van der Waals surface area (Å²) in [5.41, 5.74) is -0.341. The van der Waals surface area contributed by atoms with Crippen LogP contribution in [0.4, 0.5) is 10.2 Å². The summed E-state index contributed by atoms with van der Waals surface area (Å²) in [6.07, 6.45) is 4.86. The van der Waals surface area contributed by atoms with E-state index in [1.54, 1.807) is 0 Å². The number of aromatic nitrogens is 1. The van der Waals surface area contributed by atoms with E-state index in [0.717, 1.165) is 6.42 Å². The number of carboxylic acid groups (broad SMARTS) is 1. The summed E-state index contributed by atoms with van der Waals surface area (Å²) >= 11 is 0. The van der Waals surface area contributed by atoms with Crippen molar-refractivity contribution in [3.05, 3.63) is 23.6 Å². The molecule has 1 fully saturated rings. The molecule has 4 nitrogen and oxygen atoms in total. The van der Waals surface area contributed by atoms with Gasteiger partial charge < -0.3 is 10.4 Å². The summed E-state index contributed by atoms with van der Waals surface area (Å²) < 4.78 is 13.8. The van der Waals surface area contributed by atoms with Crippen molar-refractivity contribution in [2.75, 3.05) is 11.9 Å². The number of rotatable bonds is 4. The molecule has 0 radical (unpaired) electrons. The molecular formula is C13H17FN2O2. The molecule has 2 atom stereocenters. The van der Waals surface area contributed by atoms with Crippen LogP contribution in [-0.4, -0.2) is 22.6 Å². The summed E-state index contributed by atoms with van der Waals surface area (Å²) in [5, 5.41) is 11.7. The highest BCUT2D eigenvalue weighted by atomic mass is 19.1. The largest absolute Gasteiger partial charge is 0.478 e. The zero-order chi connectivity index (χ0) is 13.1. The third-order valence-corrected chi connectivity index (χ3v) is 3.69. The van der Waals surface area contributed by atoms with E-state index in [1.807, 2.05) is 0 Å². The first-order chi connectivity index (χ1) is 8.59. The highest BCUT2D eigenvalue weighted by molar-refractivity contribution is 5.88. The van der Waals surface area contributed by atoms with Crippen molar-refractivity contribution in [1.29, 1.82) is 0 Å². The highest BCUT2D eigenvalue weighted by Gasteiger charge is 2.24. The van der Waals surface area contributed by atoms with Crippen LogP contribution in [-0.2, 0) is 0 Å². The van der Waals surface area contributed by atoms with Crippen molar-refractivity contribution in [1.82, 2.24) is 4.98 Å². The van der Waals surface area contributed by atoms with Gasteiger partial charge in [0.15, 0.2) is 11.6 Å². The van der Waals surface area contributed by atoms with Gasteiger partial charge in [0.1, 0.15) is 5.56 Å². The van der Waals surface area contributed by atoms with Crippen molar-refractivity contribution in [3.8, 4) is 0 Å². The van der Waals surface area contributed by atoms with Crippen LogP contribution in [0.15, 0.2) is 12.3 Å². The lowest BCUT2D eigenvalue weighted by atomic mass is 9.98. The fraction of sp³-hybridized carbons (Fsp3) is 0.538. The first-order valence-electron chi connectivity index (χ1n) is 6.21. The van der Waals surface area contributed by atoms with Gasteiger partial charge in [-0.3, -0.25) is 0 Å². The van der Waals surface area contributed by atoms with Crippen LogP contribution in [0.5, 0.6) is 0 Å². The maximum absolute atomic E-state index is 13.8. The molecule has 0 bridgehead atoms. The maximum atomic E-state index is 13.8. The van der Waals surface area contributed by atoms with Crippen molar-refractivity contribution in [2.24, 2.45) is 11.8 Å². The van der Waals surface area contributed by atoms with E-state index in [4.69, 9.17) is 5.11 Å². The van der Waals surface area contributed by atoms with Gasteiger partial charge in [-0.1, -0.05) is 19.8 Å². The number of anilines is 1. The summed E-state index contributed by atoms with van der Waals surface area (Å²) in [6, 6.07) is 1.17. The van der Waals surface area contributed by atoms with Gasteiger partial charge in [0.05, 0.1) is 0 Å². The number of carbonyl (C=O) groups is 1. The molecule has 2 N–H and O–H groups in total. The van der Waals surface area contributed by atoms with Crippen molar-refractivity contribution < 1.29 is 14.3 Å². The molecule has 5 heteroatoms. The lowest BCUT2D eigenvalue weighted by Crippen LogP contribution is -2.18. The Labute approximate surface area is 105 Å². The molecule has 18 heavy (non-hydrogen) atoms. The Bertz CT molecular complexity index is 451. The molecule has 2 unspecified atom stereocenters. The minimum atomic E-state index is -1.27. The van der Waals surface area contributed by atoms with E-state index in [-0.39, 0.29) is 11.4 Å². The number of aromatic carboxylic acids is 1. The van der Waals surface area contributed by atoms with Crippen LogP contribution in [0, 0.1) is 17.7 Å². The maximum Gasteiger partial charge on any atom is 0.338 e. The molecule has 1 aliphatic carbocycles. The van der Waals surface area contributed by atoms with E-state index >= 15 is 0 Å². The fourth-order valence-electron chi connectivity index (χ4n) is 2.49. The normalized spacial score (nSPS) is 23.0. The van der Waals surface area contributed by atoms with Crippen molar-refractivity contribution in [2.45, 2.75) is 26.2 Å². The standard InChI is InChI=1S/C13H17FN2O2/c1-8-3-2-4-9(8)7-16-12-11(14)10(13(17)18)5-6-15-12/h5-6,8-9H,2-4,7H2,1H3,(H,15,16)(H,17,18). The second-order valence-corrected chi connectivity index (χ2v) is 4.88. The number of hydrogen-bond donors (Lipinski definition) is 2. The minimum Gasteiger partial charge on any atom is -0.478 e. The molecule has 0 saturated heterocycles. The van der Waals surface area contributed by atoms with Crippen LogP contribution in [0.2, 0.25) is 0 Å². The second-order valence-electron chi connectivity index (χ2n) is 4.88. The topological polar surface area (TPSA) is 62.2 Å². The van der Waals surface area contributed by atoms with Crippen LogP contribution < -0.4 is 5.32 Å². The number of hydrogen-bond acceptors (Lipinski definition) is 3. The number of nitrogens with zero attached hydrogens (tertiary/aromatic N) is 1. The zero-order valence-electron chi connectivity index (χ0n) is 10.3. The predicted octanol–water partition coefficient (Wildman–Crippen LogP) is 2.77. The van der Waals surface area contributed by atoms with E-state index in [1.165, 1.54) is 25.1 Å². The van der Waals surface area contributed by atoms with Gasteiger partial charge in [-0.25, -0.2) is 14.2 Å². The first-order valence-corrected chi connectivity index (χ1v) is 6.21. The number of nitrogens with one attached hydrogen (secondary N) is 1. The third-order valence-electron chi connectivity index (χ3n) is 3.69. The van der Waals surface area contributed by atoms with Gasteiger partial charge >= 0.3 is 5.97 Å². The fourth-order valence-corrected chi connectivity index (χ4v) is 2.49. The summed E-state index contributed by atoms with van der Waals surface area (Å²) in [4.78, 5) is 14.6. The molecule has 1 aromatic heterocycles. The molecule has 98 valence electrons. The second kappa shape index (κ2) is 5.33. The van der Waals surface area contributed by atoms with Gasteiger partial charge in [-0.15, -0.1) is 0 Å². The summed E-state index contributed by atoms with van der Waals surface area (Å²) in [6.45, 7) is 2.84. The Morgan fingerprint density at radius 2 is 2.39 bits per heavy atom. The van der Waals surface area contributed by atoms with Crippen LogP contribution >= 0.6 is 0 Å². The van der Waals surface area contributed by atoms with Gasteiger partial charge in [-0.2, -0.15) is 0 Å². The molecule has 1 aromatic rings. The van der Waals surface area contributed by atoms with Crippen molar-refractivity contribution in [3.63, 3.8) is 0 Å². The molecule has 1 saturated carbocycles. The monoisotopic (exact) mass is 252 g/mol. The lowest BCUT2D eigenvalue weighted by molar-refractivity contribution is 0.0692. The van der Waals surface area contributed by atoms with Gasteiger partial charge in [0, 0.05) is 12.7 Å². The van der Waals surface area contributed by atoms with Crippen LogP contribution in [0.3, 0.4) is 0 Å². The number of halogens is 1. The molecule has 1 heterocycles. The molecular weight excluding hydrogens is 235 g/mol. The zero-order valence-corrected chi connectivity index (χ0v) is 10.3. The van der Waals surface area contributed by atoms with E-state index in [0.29, 0.717) is 18.4 Å². The Balaban J connectivity index is 2.05. The smallest absolute Gasteiger partial charge is 0.338 e. The third kappa shape index (κ3) is 2.60. The molecule has 0 amide bonds. The average Bonchev–Trinajstić information content (AvgIpc) is 2.73. The number of carboxylic acids is 1. The number of pyridine rings is 1. The molecule has 0 spiro atoms. The Hall–Kier alpha value is -1.65. The van der Waals surface area contributed by atoms with Gasteiger partial charge in [0.25, 0.3) is 0 Å².